The van der Waals surface area contributed by atoms with Gasteiger partial charge in [0, 0.05) is 16.0 Å². The topological polar surface area (TPSA) is 23.8 Å². The molecule has 58 valence electrons. The highest BCUT2D eigenvalue weighted by Gasteiger charge is 1.94. The summed E-state index contributed by atoms with van der Waals surface area (Å²) >= 11 is 3.37. The molecule has 2 heteroatoms. The van der Waals surface area contributed by atoms with Crippen molar-refractivity contribution in [3.63, 3.8) is 0 Å². The van der Waals surface area contributed by atoms with Crippen LogP contribution in [0.2, 0.25) is 0 Å². The van der Waals surface area contributed by atoms with Gasteiger partial charge in [0.15, 0.2) is 6.07 Å². The summed E-state index contributed by atoms with van der Waals surface area (Å²) < 4.78 is 0.935. The number of hydrogen-bond acceptors (Lipinski definition) is 1. The van der Waals surface area contributed by atoms with E-state index in [2.05, 4.69) is 27.8 Å². The molecule has 0 N–H and O–H groups in total. The van der Waals surface area contributed by atoms with E-state index < -0.39 is 0 Å². The predicted molar refractivity (Wildman–Crippen MR) is 51.4 cm³/mol. The number of halogens is 1. The molecule has 0 fully saturated rings. The number of benzene rings is 1. The maximum atomic E-state index is 8.23. The molecule has 1 rings (SSSR count). The third-order valence-electron chi connectivity index (χ3n) is 1.38. The highest BCUT2D eigenvalue weighted by atomic mass is 79.9. The van der Waals surface area contributed by atoms with Crippen LogP contribution in [-0.4, -0.2) is 0 Å². The summed E-state index contributed by atoms with van der Waals surface area (Å²) in [5, 5.41) is 8.23. The van der Waals surface area contributed by atoms with Gasteiger partial charge in [0.2, 0.25) is 0 Å². The first-order chi connectivity index (χ1) is 5.74. The SMILES string of the molecule is Cc1ccc(C#CC#N)c(Br)c1. The van der Waals surface area contributed by atoms with E-state index >= 15 is 0 Å². The van der Waals surface area contributed by atoms with Crippen molar-refractivity contribution >= 4 is 15.9 Å². The van der Waals surface area contributed by atoms with E-state index in [0.29, 0.717) is 0 Å². The predicted octanol–water partition coefficient (Wildman–Crippen LogP) is 2.63. The van der Waals surface area contributed by atoms with Gasteiger partial charge in [0.05, 0.1) is 0 Å². The minimum atomic E-state index is 0.849. The van der Waals surface area contributed by atoms with E-state index in [-0.39, 0.29) is 0 Å². The van der Waals surface area contributed by atoms with Crippen LogP contribution >= 0.6 is 15.9 Å². The Balaban J connectivity index is 3.12. The summed E-state index contributed by atoms with van der Waals surface area (Å²) in [7, 11) is 0. The van der Waals surface area contributed by atoms with Crippen LogP contribution in [0.15, 0.2) is 22.7 Å². The third-order valence-corrected chi connectivity index (χ3v) is 2.03. The summed E-state index contributed by atoms with van der Waals surface area (Å²) in [5.41, 5.74) is 2.02. The van der Waals surface area contributed by atoms with Crippen LogP contribution in [0.5, 0.6) is 0 Å². The normalized spacial score (nSPS) is 8.08. The second-order valence-electron chi connectivity index (χ2n) is 2.35. The number of hydrogen-bond donors (Lipinski definition) is 0. The maximum Gasteiger partial charge on any atom is 0.152 e. The van der Waals surface area contributed by atoms with E-state index in [1.54, 1.807) is 6.07 Å². The van der Waals surface area contributed by atoms with Crippen LogP contribution < -0.4 is 0 Å². The Bertz CT molecular complexity index is 391. The lowest BCUT2D eigenvalue weighted by atomic mass is 10.2. The molecule has 0 aliphatic rings. The van der Waals surface area contributed by atoms with Crippen LogP contribution in [0.3, 0.4) is 0 Å². The summed E-state index contributed by atoms with van der Waals surface area (Å²) in [6.07, 6.45) is 0. The van der Waals surface area contributed by atoms with Crippen molar-refractivity contribution in [3.05, 3.63) is 33.8 Å². The standard InChI is InChI=1S/C10H6BrN/c1-8-4-5-9(3-2-6-12)10(11)7-8/h4-5,7H,1H3. The fourth-order valence-electron chi connectivity index (χ4n) is 0.817. The second-order valence-corrected chi connectivity index (χ2v) is 3.20. The van der Waals surface area contributed by atoms with Gasteiger partial charge < -0.3 is 0 Å². The lowest BCUT2D eigenvalue weighted by Gasteiger charge is -1.96. The van der Waals surface area contributed by atoms with Gasteiger partial charge in [-0.1, -0.05) is 6.07 Å². The van der Waals surface area contributed by atoms with Crippen molar-refractivity contribution in [1.29, 1.82) is 5.26 Å². The van der Waals surface area contributed by atoms with Crippen molar-refractivity contribution in [2.75, 3.05) is 0 Å². The van der Waals surface area contributed by atoms with Crippen LogP contribution in [-0.2, 0) is 0 Å². The van der Waals surface area contributed by atoms with E-state index in [0.717, 1.165) is 10.0 Å². The van der Waals surface area contributed by atoms with Crippen molar-refractivity contribution < 1.29 is 0 Å². The first-order valence-corrected chi connectivity index (χ1v) is 4.19. The Morgan fingerprint density at radius 3 is 2.75 bits per heavy atom. The number of rotatable bonds is 0. The molecule has 0 aliphatic heterocycles. The lowest BCUT2D eigenvalue weighted by Crippen LogP contribution is -1.78. The van der Waals surface area contributed by atoms with E-state index in [4.69, 9.17) is 5.26 Å². The summed E-state index contributed by atoms with van der Waals surface area (Å²) in [6, 6.07) is 7.61. The minimum absolute atomic E-state index is 0.849. The quantitative estimate of drug-likeness (QED) is 0.616. The smallest absolute Gasteiger partial charge is 0.152 e. The average molecular weight is 220 g/mol. The second kappa shape index (κ2) is 3.95. The Labute approximate surface area is 80.2 Å². The van der Waals surface area contributed by atoms with Crippen LogP contribution in [0.1, 0.15) is 11.1 Å². The molecular weight excluding hydrogens is 214 g/mol. The number of aryl methyl sites for hydroxylation is 1. The molecule has 12 heavy (non-hydrogen) atoms. The molecule has 0 radical (unpaired) electrons. The summed E-state index contributed by atoms with van der Waals surface area (Å²) in [4.78, 5) is 0. The van der Waals surface area contributed by atoms with Gasteiger partial charge in [-0.3, -0.25) is 0 Å². The number of nitriles is 1. The highest BCUT2D eigenvalue weighted by Crippen LogP contribution is 2.16. The summed E-state index contributed by atoms with van der Waals surface area (Å²) in [6.45, 7) is 2.01. The van der Waals surface area contributed by atoms with Gasteiger partial charge in [-0.25, -0.2) is 0 Å². The van der Waals surface area contributed by atoms with Crippen LogP contribution in [0.25, 0.3) is 0 Å². The fraction of sp³-hybridized carbons (Fsp3) is 0.100. The first kappa shape index (κ1) is 8.84. The molecule has 0 aliphatic carbocycles. The van der Waals surface area contributed by atoms with E-state index in [9.17, 15) is 0 Å². The molecule has 0 heterocycles. The van der Waals surface area contributed by atoms with Crippen LogP contribution in [0, 0.1) is 30.1 Å². The van der Waals surface area contributed by atoms with E-state index in [1.165, 1.54) is 5.56 Å². The minimum Gasteiger partial charge on any atom is -0.183 e. The molecule has 0 bridgehead atoms. The zero-order chi connectivity index (χ0) is 8.97. The van der Waals surface area contributed by atoms with Crippen molar-refractivity contribution in [2.45, 2.75) is 6.92 Å². The fourth-order valence-corrected chi connectivity index (χ4v) is 1.41. The molecule has 0 amide bonds. The zero-order valence-electron chi connectivity index (χ0n) is 6.56. The third kappa shape index (κ3) is 2.12. The van der Waals surface area contributed by atoms with Gasteiger partial charge in [-0.15, -0.1) is 0 Å². The average Bonchev–Trinajstić information content (AvgIpc) is 2.03. The molecular formula is C10H6BrN. The molecule has 1 nitrogen and oxygen atoms in total. The number of nitrogens with zero attached hydrogens (tertiary/aromatic N) is 1. The van der Waals surface area contributed by atoms with Crippen molar-refractivity contribution in [1.82, 2.24) is 0 Å². The molecule has 0 aromatic heterocycles. The van der Waals surface area contributed by atoms with Crippen molar-refractivity contribution in [2.24, 2.45) is 0 Å². The maximum absolute atomic E-state index is 8.23. The Kier molecular flexibility index (Phi) is 2.91. The monoisotopic (exact) mass is 219 g/mol. The molecule has 0 saturated heterocycles. The van der Waals surface area contributed by atoms with Gasteiger partial charge >= 0.3 is 0 Å². The Morgan fingerprint density at radius 1 is 1.42 bits per heavy atom. The van der Waals surface area contributed by atoms with Gasteiger partial charge in [0.1, 0.15) is 0 Å². The lowest BCUT2D eigenvalue weighted by molar-refractivity contribution is 1.43. The first-order valence-electron chi connectivity index (χ1n) is 3.40. The zero-order valence-corrected chi connectivity index (χ0v) is 8.14. The van der Waals surface area contributed by atoms with Gasteiger partial charge in [-0.05, 0) is 46.5 Å². The summed E-state index contributed by atoms with van der Waals surface area (Å²) in [5.74, 6) is 5.08. The van der Waals surface area contributed by atoms with Crippen LogP contribution in [0.4, 0.5) is 0 Å². The highest BCUT2D eigenvalue weighted by molar-refractivity contribution is 9.10. The Morgan fingerprint density at radius 2 is 2.17 bits per heavy atom. The molecule has 1 aromatic rings. The molecule has 0 unspecified atom stereocenters. The van der Waals surface area contributed by atoms with Gasteiger partial charge in [0.25, 0.3) is 0 Å². The van der Waals surface area contributed by atoms with E-state index in [1.807, 2.05) is 25.1 Å². The molecule has 1 aromatic carbocycles. The molecule has 0 saturated carbocycles. The molecule has 0 spiro atoms. The van der Waals surface area contributed by atoms with Crippen molar-refractivity contribution in [3.8, 4) is 17.9 Å². The van der Waals surface area contributed by atoms with Gasteiger partial charge in [-0.2, -0.15) is 5.26 Å². The molecule has 0 atom stereocenters. The Hall–Kier alpha value is -1.25. The largest absolute Gasteiger partial charge is 0.183 e.